The number of nitrogens with one attached hydrogen (secondary N) is 2. The SMILES string of the molecule is CCC1(C(=O)O)CCN(C(=O)C2CNC(=O)CN2)CC1. The van der Waals surface area contributed by atoms with Crippen molar-refractivity contribution >= 4 is 17.8 Å². The van der Waals surface area contributed by atoms with Crippen molar-refractivity contribution in [2.45, 2.75) is 32.2 Å². The summed E-state index contributed by atoms with van der Waals surface area (Å²) >= 11 is 0. The number of rotatable bonds is 3. The molecule has 0 saturated carbocycles. The number of hydrogen-bond donors (Lipinski definition) is 3. The quantitative estimate of drug-likeness (QED) is 0.628. The highest BCUT2D eigenvalue weighted by Crippen LogP contribution is 2.35. The fraction of sp³-hybridized carbons (Fsp3) is 0.769. The number of carbonyl (C=O) groups is 3. The summed E-state index contributed by atoms with van der Waals surface area (Å²) in [6.45, 7) is 3.25. The number of carbonyl (C=O) groups excluding carboxylic acids is 2. The molecule has 0 aliphatic carbocycles. The Kier molecular flexibility index (Phi) is 4.27. The number of hydrogen-bond acceptors (Lipinski definition) is 4. The van der Waals surface area contributed by atoms with Crippen molar-refractivity contribution < 1.29 is 19.5 Å². The first-order valence-electron chi connectivity index (χ1n) is 7.01. The van der Waals surface area contributed by atoms with Gasteiger partial charge in [0.25, 0.3) is 0 Å². The Morgan fingerprint density at radius 3 is 2.50 bits per heavy atom. The highest BCUT2D eigenvalue weighted by atomic mass is 16.4. The number of amides is 2. The predicted molar refractivity (Wildman–Crippen MR) is 71.0 cm³/mol. The van der Waals surface area contributed by atoms with Crippen LogP contribution in [0.4, 0.5) is 0 Å². The monoisotopic (exact) mass is 283 g/mol. The van der Waals surface area contributed by atoms with Crippen molar-refractivity contribution in [2.24, 2.45) is 5.41 Å². The number of aliphatic carboxylic acids is 1. The van der Waals surface area contributed by atoms with E-state index in [-0.39, 0.29) is 18.4 Å². The van der Waals surface area contributed by atoms with Crippen LogP contribution in [0.2, 0.25) is 0 Å². The summed E-state index contributed by atoms with van der Waals surface area (Å²) in [6, 6.07) is -0.397. The van der Waals surface area contributed by atoms with E-state index in [0.29, 0.717) is 38.9 Å². The fourth-order valence-electron chi connectivity index (χ4n) is 2.84. The van der Waals surface area contributed by atoms with Crippen molar-refractivity contribution in [2.75, 3.05) is 26.2 Å². The summed E-state index contributed by atoms with van der Waals surface area (Å²) in [4.78, 5) is 36.4. The molecule has 0 aromatic carbocycles. The third kappa shape index (κ3) is 2.77. The van der Waals surface area contributed by atoms with Gasteiger partial charge >= 0.3 is 5.97 Å². The van der Waals surface area contributed by atoms with Gasteiger partial charge < -0.3 is 15.3 Å². The van der Waals surface area contributed by atoms with Crippen molar-refractivity contribution in [1.29, 1.82) is 0 Å². The maximum absolute atomic E-state index is 12.3. The summed E-state index contributed by atoms with van der Waals surface area (Å²) in [5.74, 6) is -0.932. The molecule has 2 aliphatic heterocycles. The van der Waals surface area contributed by atoms with Crippen LogP contribution in [-0.4, -0.2) is 60.0 Å². The van der Waals surface area contributed by atoms with Gasteiger partial charge in [-0.15, -0.1) is 0 Å². The number of piperazine rings is 1. The molecule has 0 aromatic heterocycles. The summed E-state index contributed by atoms with van der Waals surface area (Å²) in [5.41, 5.74) is -0.689. The molecule has 3 N–H and O–H groups in total. The van der Waals surface area contributed by atoms with Gasteiger partial charge in [-0.25, -0.2) is 0 Å². The lowest BCUT2D eigenvalue weighted by atomic mass is 9.76. The predicted octanol–water partition coefficient (Wildman–Crippen LogP) is -0.822. The van der Waals surface area contributed by atoms with Crippen molar-refractivity contribution in [3.63, 3.8) is 0 Å². The minimum absolute atomic E-state index is 0.0555. The second-order valence-electron chi connectivity index (χ2n) is 5.50. The first-order chi connectivity index (χ1) is 9.48. The normalized spacial score (nSPS) is 25.9. The van der Waals surface area contributed by atoms with Gasteiger partial charge in [-0.1, -0.05) is 6.92 Å². The van der Waals surface area contributed by atoms with E-state index in [1.54, 1.807) is 4.90 Å². The van der Waals surface area contributed by atoms with E-state index in [1.165, 1.54) is 0 Å². The van der Waals surface area contributed by atoms with Crippen LogP contribution < -0.4 is 10.6 Å². The topological polar surface area (TPSA) is 98.7 Å². The second kappa shape index (κ2) is 5.78. The first-order valence-corrected chi connectivity index (χ1v) is 7.01. The van der Waals surface area contributed by atoms with Crippen LogP contribution in [-0.2, 0) is 14.4 Å². The zero-order chi connectivity index (χ0) is 14.8. The average Bonchev–Trinajstić information content (AvgIpc) is 2.47. The Morgan fingerprint density at radius 2 is 2.05 bits per heavy atom. The molecular formula is C13H21N3O4. The summed E-state index contributed by atoms with van der Waals surface area (Å²) in [5, 5.41) is 14.9. The third-order valence-electron chi connectivity index (χ3n) is 4.47. The van der Waals surface area contributed by atoms with E-state index < -0.39 is 17.4 Å². The molecular weight excluding hydrogens is 262 g/mol. The van der Waals surface area contributed by atoms with E-state index in [9.17, 15) is 19.5 Å². The molecule has 112 valence electrons. The Bertz CT molecular complexity index is 406. The molecule has 7 heteroatoms. The van der Waals surface area contributed by atoms with Gasteiger partial charge in [0.1, 0.15) is 6.04 Å². The third-order valence-corrected chi connectivity index (χ3v) is 4.47. The molecule has 2 rings (SSSR count). The van der Waals surface area contributed by atoms with Crippen LogP contribution in [0.1, 0.15) is 26.2 Å². The van der Waals surface area contributed by atoms with Crippen molar-refractivity contribution in [3.05, 3.63) is 0 Å². The number of piperidine rings is 1. The number of nitrogens with zero attached hydrogens (tertiary/aromatic N) is 1. The lowest BCUT2D eigenvalue weighted by Crippen LogP contribution is -2.60. The zero-order valence-electron chi connectivity index (χ0n) is 11.6. The number of carboxylic acid groups (broad SMARTS) is 1. The Morgan fingerprint density at radius 1 is 1.40 bits per heavy atom. The Labute approximate surface area is 117 Å². The lowest BCUT2D eigenvalue weighted by molar-refractivity contribution is -0.155. The van der Waals surface area contributed by atoms with Gasteiger partial charge in [0, 0.05) is 19.6 Å². The minimum Gasteiger partial charge on any atom is -0.481 e. The van der Waals surface area contributed by atoms with Crippen LogP contribution >= 0.6 is 0 Å². The van der Waals surface area contributed by atoms with Gasteiger partial charge in [0.05, 0.1) is 12.0 Å². The van der Waals surface area contributed by atoms with Gasteiger partial charge in [-0.05, 0) is 19.3 Å². The van der Waals surface area contributed by atoms with Gasteiger partial charge in [-0.2, -0.15) is 0 Å². The first kappa shape index (κ1) is 14.8. The molecule has 0 bridgehead atoms. The molecule has 1 atom stereocenters. The van der Waals surface area contributed by atoms with Crippen LogP contribution in [0.15, 0.2) is 0 Å². The smallest absolute Gasteiger partial charge is 0.309 e. The fourth-order valence-corrected chi connectivity index (χ4v) is 2.84. The second-order valence-corrected chi connectivity index (χ2v) is 5.50. The highest BCUT2D eigenvalue weighted by Gasteiger charge is 2.41. The largest absolute Gasteiger partial charge is 0.481 e. The molecule has 2 heterocycles. The summed E-state index contributed by atoms with van der Waals surface area (Å²) in [6.07, 6.45) is 1.56. The van der Waals surface area contributed by atoms with Crippen molar-refractivity contribution in [1.82, 2.24) is 15.5 Å². The van der Waals surface area contributed by atoms with E-state index in [4.69, 9.17) is 0 Å². The molecule has 2 fully saturated rings. The number of likely N-dealkylation sites (tertiary alicyclic amines) is 1. The zero-order valence-corrected chi connectivity index (χ0v) is 11.6. The summed E-state index contributed by atoms with van der Waals surface area (Å²) < 4.78 is 0. The molecule has 2 saturated heterocycles. The van der Waals surface area contributed by atoms with E-state index >= 15 is 0 Å². The Balaban J connectivity index is 1.91. The van der Waals surface area contributed by atoms with E-state index in [1.807, 2.05) is 6.92 Å². The Hall–Kier alpha value is -1.63. The standard InChI is InChI=1S/C13H21N3O4/c1-2-13(12(19)20)3-5-16(6-4-13)11(18)9-7-15-10(17)8-14-9/h9,14H,2-8H2,1H3,(H,15,17)(H,19,20). The lowest BCUT2D eigenvalue weighted by Gasteiger charge is -2.40. The van der Waals surface area contributed by atoms with Gasteiger partial charge in [0.15, 0.2) is 0 Å². The average molecular weight is 283 g/mol. The van der Waals surface area contributed by atoms with Crippen molar-refractivity contribution in [3.8, 4) is 0 Å². The van der Waals surface area contributed by atoms with E-state index in [2.05, 4.69) is 10.6 Å². The highest BCUT2D eigenvalue weighted by molar-refractivity contribution is 5.87. The molecule has 0 aromatic rings. The van der Waals surface area contributed by atoms with Crippen LogP contribution in [0.5, 0.6) is 0 Å². The molecule has 2 aliphatic rings. The molecule has 0 radical (unpaired) electrons. The molecule has 20 heavy (non-hydrogen) atoms. The summed E-state index contributed by atoms with van der Waals surface area (Å²) in [7, 11) is 0. The maximum Gasteiger partial charge on any atom is 0.309 e. The van der Waals surface area contributed by atoms with Crippen LogP contribution in [0.3, 0.4) is 0 Å². The molecule has 7 nitrogen and oxygen atoms in total. The minimum atomic E-state index is -0.768. The molecule has 2 amide bonds. The van der Waals surface area contributed by atoms with Crippen LogP contribution in [0.25, 0.3) is 0 Å². The van der Waals surface area contributed by atoms with Gasteiger partial charge in [0.2, 0.25) is 11.8 Å². The van der Waals surface area contributed by atoms with Gasteiger partial charge in [-0.3, -0.25) is 19.7 Å². The molecule has 1 unspecified atom stereocenters. The number of carboxylic acids is 1. The van der Waals surface area contributed by atoms with Crippen LogP contribution in [0, 0.1) is 5.41 Å². The molecule has 0 spiro atoms. The maximum atomic E-state index is 12.3. The van der Waals surface area contributed by atoms with E-state index in [0.717, 1.165) is 0 Å².